The summed E-state index contributed by atoms with van der Waals surface area (Å²) in [6.45, 7) is 9.18. The van der Waals surface area contributed by atoms with Gasteiger partial charge in [-0.25, -0.2) is 0 Å². The minimum atomic E-state index is 0.159. The molecule has 2 N–H and O–H groups in total. The smallest absolute Gasteiger partial charge is 0.0414 e. The monoisotopic (exact) mass is 246 g/mol. The van der Waals surface area contributed by atoms with Gasteiger partial charge in [-0.1, -0.05) is 39.0 Å². The largest absolute Gasteiger partial charge is 0.371 e. The Hall–Kier alpha value is -1.02. The van der Waals surface area contributed by atoms with Gasteiger partial charge in [-0.3, -0.25) is 0 Å². The van der Waals surface area contributed by atoms with Crippen molar-refractivity contribution in [3.8, 4) is 0 Å². The summed E-state index contributed by atoms with van der Waals surface area (Å²) >= 11 is 0. The number of nitrogens with zero attached hydrogens (tertiary/aromatic N) is 1. The summed E-state index contributed by atoms with van der Waals surface area (Å²) in [7, 11) is 0. The van der Waals surface area contributed by atoms with Gasteiger partial charge in [0.15, 0.2) is 0 Å². The zero-order chi connectivity index (χ0) is 13.2. The molecule has 1 fully saturated rings. The fourth-order valence-corrected chi connectivity index (χ4v) is 2.94. The Kier molecular flexibility index (Phi) is 3.96. The Labute approximate surface area is 111 Å². The molecule has 1 saturated heterocycles. The molecular formula is C16H26N2. The molecule has 1 aliphatic heterocycles. The number of hydrogen-bond acceptors (Lipinski definition) is 2. The van der Waals surface area contributed by atoms with E-state index in [0.717, 1.165) is 19.5 Å². The van der Waals surface area contributed by atoms with Crippen molar-refractivity contribution in [3.63, 3.8) is 0 Å². The van der Waals surface area contributed by atoms with Crippen molar-refractivity contribution >= 4 is 5.69 Å². The second kappa shape index (κ2) is 5.31. The molecule has 1 aromatic carbocycles. The van der Waals surface area contributed by atoms with Crippen LogP contribution in [0, 0.1) is 5.41 Å². The van der Waals surface area contributed by atoms with E-state index in [1.165, 1.54) is 24.1 Å². The predicted molar refractivity (Wildman–Crippen MR) is 78.9 cm³/mol. The van der Waals surface area contributed by atoms with E-state index in [1.807, 2.05) is 0 Å². The third-order valence-corrected chi connectivity index (χ3v) is 4.02. The first-order valence-electron chi connectivity index (χ1n) is 7.13. The number of benzene rings is 1. The van der Waals surface area contributed by atoms with Crippen molar-refractivity contribution in [1.29, 1.82) is 0 Å². The predicted octanol–water partition coefficient (Wildman–Crippen LogP) is 3.72. The maximum absolute atomic E-state index is 6.24. The van der Waals surface area contributed by atoms with Crippen molar-refractivity contribution in [2.24, 2.45) is 11.1 Å². The summed E-state index contributed by atoms with van der Waals surface area (Å²) < 4.78 is 0. The van der Waals surface area contributed by atoms with Crippen molar-refractivity contribution in [1.82, 2.24) is 0 Å². The topological polar surface area (TPSA) is 29.3 Å². The quantitative estimate of drug-likeness (QED) is 0.880. The van der Waals surface area contributed by atoms with E-state index in [9.17, 15) is 0 Å². The standard InChI is InChI=1S/C16H26N2/c1-4-14(17)13-8-5-6-9-15(13)18-11-7-10-16(2,3)12-18/h5-6,8-9,14H,4,7,10-12,17H2,1-3H3/t14-/m0/s1. The Balaban J connectivity index is 2.27. The first-order valence-corrected chi connectivity index (χ1v) is 7.13. The Morgan fingerprint density at radius 1 is 1.33 bits per heavy atom. The molecule has 0 saturated carbocycles. The highest BCUT2D eigenvalue weighted by Crippen LogP contribution is 2.34. The van der Waals surface area contributed by atoms with Crippen LogP contribution in [0.15, 0.2) is 24.3 Å². The normalized spacial score (nSPS) is 20.8. The van der Waals surface area contributed by atoms with Crippen LogP contribution in [-0.2, 0) is 0 Å². The van der Waals surface area contributed by atoms with E-state index in [4.69, 9.17) is 5.73 Å². The van der Waals surface area contributed by atoms with Crippen LogP contribution in [-0.4, -0.2) is 13.1 Å². The van der Waals surface area contributed by atoms with Crippen molar-refractivity contribution < 1.29 is 0 Å². The fourth-order valence-electron chi connectivity index (χ4n) is 2.94. The van der Waals surface area contributed by atoms with Gasteiger partial charge < -0.3 is 10.6 Å². The molecule has 1 aliphatic rings. The Bertz CT molecular complexity index is 398. The van der Waals surface area contributed by atoms with Crippen LogP contribution in [0.4, 0.5) is 5.69 Å². The van der Waals surface area contributed by atoms with Gasteiger partial charge in [0.25, 0.3) is 0 Å². The summed E-state index contributed by atoms with van der Waals surface area (Å²) in [5.41, 5.74) is 9.31. The lowest BCUT2D eigenvalue weighted by Crippen LogP contribution is -2.40. The Morgan fingerprint density at radius 2 is 2.06 bits per heavy atom. The third-order valence-electron chi connectivity index (χ3n) is 4.02. The average Bonchev–Trinajstić information content (AvgIpc) is 2.36. The van der Waals surface area contributed by atoms with Gasteiger partial charge in [-0.05, 0) is 36.3 Å². The van der Waals surface area contributed by atoms with Gasteiger partial charge in [0.1, 0.15) is 0 Å². The van der Waals surface area contributed by atoms with Crippen molar-refractivity contribution in [2.45, 2.75) is 46.1 Å². The molecule has 0 aromatic heterocycles. The van der Waals surface area contributed by atoms with Crippen LogP contribution in [0.25, 0.3) is 0 Å². The summed E-state index contributed by atoms with van der Waals surface area (Å²) in [6, 6.07) is 8.80. The first-order chi connectivity index (χ1) is 8.53. The minimum absolute atomic E-state index is 0.159. The molecule has 1 aromatic rings. The SMILES string of the molecule is CC[C@H](N)c1ccccc1N1CCCC(C)(C)C1. The molecular weight excluding hydrogens is 220 g/mol. The summed E-state index contributed by atoms with van der Waals surface area (Å²) in [5, 5.41) is 0. The van der Waals surface area contributed by atoms with Gasteiger partial charge in [-0.2, -0.15) is 0 Å². The number of hydrogen-bond donors (Lipinski definition) is 1. The van der Waals surface area contributed by atoms with Gasteiger partial charge in [0.2, 0.25) is 0 Å². The highest BCUT2D eigenvalue weighted by molar-refractivity contribution is 5.55. The molecule has 0 unspecified atom stereocenters. The average molecular weight is 246 g/mol. The second-order valence-electron chi connectivity index (χ2n) is 6.26. The van der Waals surface area contributed by atoms with Gasteiger partial charge >= 0.3 is 0 Å². The van der Waals surface area contributed by atoms with Crippen molar-refractivity contribution in [3.05, 3.63) is 29.8 Å². The summed E-state index contributed by atoms with van der Waals surface area (Å²) in [6.07, 6.45) is 3.60. The molecule has 0 spiro atoms. The van der Waals surface area contributed by atoms with E-state index < -0.39 is 0 Å². The molecule has 1 heterocycles. The second-order valence-corrected chi connectivity index (χ2v) is 6.26. The van der Waals surface area contributed by atoms with Crippen LogP contribution in [0.5, 0.6) is 0 Å². The summed E-state index contributed by atoms with van der Waals surface area (Å²) in [4.78, 5) is 2.52. The molecule has 1 atom stereocenters. The maximum atomic E-state index is 6.24. The molecule has 18 heavy (non-hydrogen) atoms. The fraction of sp³-hybridized carbons (Fsp3) is 0.625. The van der Waals surface area contributed by atoms with E-state index in [0.29, 0.717) is 5.41 Å². The number of anilines is 1. The molecule has 2 rings (SSSR count). The van der Waals surface area contributed by atoms with Crippen LogP contribution >= 0.6 is 0 Å². The number of para-hydroxylation sites is 1. The van der Waals surface area contributed by atoms with Crippen LogP contribution in [0.2, 0.25) is 0 Å². The number of rotatable bonds is 3. The number of piperidine rings is 1. The minimum Gasteiger partial charge on any atom is -0.371 e. The molecule has 100 valence electrons. The van der Waals surface area contributed by atoms with E-state index in [1.54, 1.807) is 0 Å². The highest BCUT2D eigenvalue weighted by Gasteiger charge is 2.27. The summed E-state index contributed by atoms with van der Waals surface area (Å²) in [5.74, 6) is 0. The highest BCUT2D eigenvalue weighted by atomic mass is 15.1. The lowest BCUT2D eigenvalue weighted by Gasteiger charge is -2.40. The molecule has 2 nitrogen and oxygen atoms in total. The zero-order valence-electron chi connectivity index (χ0n) is 11.9. The molecule has 0 aliphatic carbocycles. The van der Waals surface area contributed by atoms with E-state index in [-0.39, 0.29) is 6.04 Å². The first kappa shape index (κ1) is 13.4. The van der Waals surface area contributed by atoms with Crippen LogP contribution in [0.1, 0.15) is 51.6 Å². The van der Waals surface area contributed by atoms with E-state index >= 15 is 0 Å². The van der Waals surface area contributed by atoms with Gasteiger partial charge in [0, 0.05) is 24.8 Å². The molecule has 2 heteroatoms. The van der Waals surface area contributed by atoms with Gasteiger partial charge in [0.05, 0.1) is 0 Å². The zero-order valence-corrected chi connectivity index (χ0v) is 11.9. The van der Waals surface area contributed by atoms with E-state index in [2.05, 4.69) is 49.9 Å². The van der Waals surface area contributed by atoms with Crippen molar-refractivity contribution in [2.75, 3.05) is 18.0 Å². The third kappa shape index (κ3) is 2.86. The molecule has 0 bridgehead atoms. The van der Waals surface area contributed by atoms with Gasteiger partial charge in [-0.15, -0.1) is 0 Å². The van der Waals surface area contributed by atoms with Crippen LogP contribution in [0.3, 0.4) is 0 Å². The maximum Gasteiger partial charge on any atom is 0.0414 e. The number of nitrogens with two attached hydrogens (primary N) is 1. The Morgan fingerprint density at radius 3 is 2.72 bits per heavy atom. The van der Waals surface area contributed by atoms with Crippen LogP contribution < -0.4 is 10.6 Å². The molecule has 0 radical (unpaired) electrons. The molecule has 0 amide bonds. The lowest BCUT2D eigenvalue weighted by atomic mass is 9.83. The lowest BCUT2D eigenvalue weighted by molar-refractivity contribution is 0.292.